The van der Waals surface area contributed by atoms with Gasteiger partial charge in [-0.05, 0) is 39.2 Å². The number of hydrogen-bond donors (Lipinski definition) is 0. The number of nitrogens with zero attached hydrogens (tertiary/aromatic N) is 3. The maximum atomic E-state index is 13.0. The Bertz CT molecular complexity index is 1240. The summed E-state index contributed by atoms with van der Waals surface area (Å²) in [5, 5.41) is 3.90. The third-order valence-electron chi connectivity index (χ3n) is 4.61. The third kappa shape index (κ3) is 2.43. The molecule has 0 aromatic heterocycles. The molecule has 4 aromatic rings. The van der Waals surface area contributed by atoms with Crippen LogP contribution in [0.1, 0.15) is 0 Å². The molecule has 27 heavy (non-hydrogen) atoms. The SMILES string of the molecule is [N-]=[N+]=NP1(=O)Oc2ccc3ccccc3c2-c2c(ccc3ccccc23)O1. The van der Waals surface area contributed by atoms with E-state index in [4.69, 9.17) is 14.6 Å². The van der Waals surface area contributed by atoms with Crippen molar-refractivity contribution < 1.29 is 13.6 Å². The van der Waals surface area contributed by atoms with Gasteiger partial charge in [0.1, 0.15) is 11.5 Å². The second kappa shape index (κ2) is 5.78. The molecule has 0 spiro atoms. The fourth-order valence-corrected chi connectivity index (χ4v) is 4.53. The van der Waals surface area contributed by atoms with Crippen molar-refractivity contribution in [2.45, 2.75) is 0 Å². The lowest BCUT2D eigenvalue weighted by Gasteiger charge is -2.13. The molecule has 0 amide bonds. The smallest absolute Gasteiger partial charge is 0.411 e. The van der Waals surface area contributed by atoms with Crippen LogP contribution >= 0.6 is 7.75 Å². The summed E-state index contributed by atoms with van der Waals surface area (Å²) in [6.45, 7) is 0. The monoisotopic (exact) mass is 373 g/mol. The standard InChI is InChI=1S/C20H12N3O3P/c21-22-23-27(24)25-17-11-9-13-5-1-3-7-15(13)19(17)20-16-8-4-2-6-14(16)10-12-18(20)26-27/h1-12H. The molecule has 0 saturated heterocycles. The summed E-state index contributed by atoms with van der Waals surface area (Å²) in [7, 11) is -4.07. The normalized spacial score (nSPS) is 14.2. The van der Waals surface area contributed by atoms with Crippen LogP contribution in [-0.4, -0.2) is 0 Å². The number of rotatable bonds is 1. The van der Waals surface area contributed by atoms with E-state index in [9.17, 15) is 4.57 Å². The number of hydrogen-bond acceptors (Lipinski definition) is 3. The van der Waals surface area contributed by atoms with Gasteiger partial charge < -0.3 is 9.05 Å². The summed E-state index contributed by atoms with van der Waals surface area (Å²) in [5.41, 5.74) is 10.4. The Morgan fingerprint density at radius 1 is 0.741 bits per heavy atom. The van der Waals surface area contributed by atoms with Crippen molar-refractivity contribution in [3.63, 3.8) is 0 Å². The third-order valence-corrected chi connectivity index (χ3v) is 5.76. The van der Waals surface area contributed by atoms with Gasteiger partial charge >= 0.3 is 7.75 Å². The highest BCUT2D eigenvalue weighted by molar-refractivity contribution is 7.53. The van der Waals surface area contributed by atoms with E-state index in [1.165, 1.54) is 0 Å². The minimum atomic E-state index is -4.07. The molecule has 1 aliphatic rings. The molecule has 0 fully saturated rings. The van der Waals surface area contributed by atoms with Gasteiger partial charge in [0.15, 0.2) is 0 Å². The largest absolute Gasteiger partial charge is 0.525 e. The molecule has 130 valence electrons. The summed E-state index contributed by atoms with van der Waals surface area (Å²) in [6.07, 6.45) is 0. The van der Waals surface area contributed by atoms with Gasteiger partial charge in [-0.3, -0.25) is 0 Å². The van der Waals surface area contributed by atoms with Crippen molar-refractivity contribution in [1.82, 2.24) is 0 Å². The fraction of sp³-hybridized carbons (Fsp3) is 0. The zero-order valence-corrected chi connectivity index (χ0v) is 14.8. The van der Waals surface area contributed by atoms with Crippen LogP contribution in [0.25, 0.3) is 43.1 Å². The fourth-order valence-electron chi connectivity index (χ4n) is 3.52. The lowest BCUT2D eigenvalue weighted by molar-refractivity contribution is 0.392. The molecule has 1 aliphatic heterocycles. The molecule has 0 atom stereocenters. The molecule has 7 heteroatoms. The van der Waals surface area contributed by atoms with Crippen LogP contribution in [0, 0.1) is 0 Å². The molecule has 0 unspecified atom stereocenters. The highest BCUT2D eigenvalue weighted by Gasteiger charge is 2.34. The Labute approximate surface area is 154 Å². The van der Waals surface area contributed by atoms with E-state index in [2.05, 4.69) is 9.80 Å². The second-order valence-electron chi connectivity index (χ2n) is 6.15. The summed E-state index contributed by atoms with van der Waals surface area (Å²) >= 11 is 0. The Balaban J connectivity index is 1.99. The summed E-state index contributed by atoms with van der Waals surface area (Å²) < 4.78 is 24.3. The van der Waals surface area contributed by atoms with Gasteiger partial charge in [0, 0.05) is 20.9 Å². The zero-order valence-electron chi connectivity index (χ0n) is 13.9. The first kappa shape index (κ1) is 15.8. The van der Waals surface area contributed by atoms with Gasteiger partial charge in [-0.25, -0.2) is 4.57 Å². The molecule has 0 aliphatic carbocycles. The molecule has 1 heterocycles. The van der Waals surface area contributed by atoms with Crippen LogP contribution in [-0.2, 0) is 4.57 Å². The Morgan fingerprint density at radius 2 is 1.22 bits per heavy atom. The number of azide groups is 1. The highest BCUT2D eigenvalue weighted by atomic mass is 31.2. The van der Waals surface area contributed by atoms with Crippen molar-refractivity contribution in [3.05, 3.63) is 83.2 Å². The number of benzene rings is 4. The summed E-state index contributed by atoms with van der Waals surface area (Å²) in [4.78, 5) is 5.98. The topological polar surface area (TPSA) is 84.3 Å². The molecule has 0 saturated carbocycles. The first-order chi connectivity index (χ1) is 13.2. The molecule has 0 N–H and O–H groups in total. The van der Waals surface area contributed by atoms with Crippen LogP contribution < -0.4 is 9.05 Å². The van der Waals surface area contributed by atoms with Gasteiger partial charge in [-0.1, -0.05) is 60.7 Å². The first-order valence-electron chi connectivity index (χ1n) is 8.28. The van der Waals surface area contributed by atoms with Gasteiger partial charge in [0.2, 0.25) is 0 Å². The highest BCUT2D eigenvalue weighted by Crippen LogP contribution is 2.59. The lowest BCUT2D eigenvalue weighted by Crippen LogP contribution is -1.95. The van der Waals surface area contributed by atoms with Crippen LogP contribution in [0.5, 0.6) is 11.5 Å². The van der Waals surface area contributed by atoms with Crippen molar-refractivity contribution >= 4 is 29.3 Å². The van der Waals surface area contributed by atoms with E-state index in [0.717, 1.165) is 32.7 Å². The molecular weight excluding hydrogens is 361 g/mol. The van der Waals surface area contributed by atoms with E-state index in [-0.39, 0.29) is 0 Å². The van der Waals surface area contributed by atoms with Crippen molar-refractivity contribution in [3.8, 4) is 22.6 Å². The summed E-state index contributed by atoms with van der Waals surface area (Å²) in [6, 6.07) is 23.0. The predicted molar refractivity (Wildman–Crippen MR) is 105 cm³/mol. The van der Waals surface area contributed by atoms with Gasteiger partial charge in [-0.15, -0.1) is 0 Å². The maximum absolute atomic E-state index is 13.0. The van der Waals surface area contributed by atoms with Gasteiger partial charge in [0.05, 0.1) is 0 Å². The molecule has 5 rings (SSSR count). The maximum Gasteiger partial charge on any atom is 0.525 e. The lowest BCUT2D eigenvalue weighted by atomic mass is 9.92. The van der Waals surface area contributed by atoms with E-state index < -0.39 is 7.75 Å². The quantitative estimate of drug-likeness (QED) is 0.158. The zero-order chi connectivity index (χ0) is 18.4. The average Bonchev–Trinajstić information content (AvgIpc) is 2.81. The van der Waals surface area contributed by atoms with Crippen molar-refractivity contribution in [2.75, 3.05) is 0 Å². The van der Waals surface area contributed by atoms with E-state index in [1.54, 1.807) is 12.1 Å². The van der Waals surface area contributed by atoms with E-state index >= 15 is 0 Å². The van der Waals surface area contributed by atoms with E-state index in [1.807, 2.05) is 60.7 Å². The molecular formula is C20H12N3O3P. The molecule has 0 radical (unpaired) electrons. The van der Waals surface area contributed by atoms with Crippen molar-refractivity contribution in [1.29, 1.82) is 0 Å². The van der Waals surface area contributed by atoms with Crippen LogP contribution in [0.4, 0.5) is 0 Å². The molecule has 0 bridgehead atoms. The minimum Gasteiger partial charge on any atom is -0.411 e. The van der Waals surface area contributed by atoms with Gasteiger partial charge in [-0.2, -0.15) is 0 Å². The number of fused-ring (bicyclic) bond motifs is 7. The van der Waals surface area contributed by atoms with Crippen LogP contribution in [0.2, 0.25) is 0 Å². The van der Waals surface area contributed by atoms with E-state index in [0.29, 0.717) is 11.5 Å². The Hall–Kier alpha value is -3.46. The Morgan fingerprint density at radius 3 is 1.70 bits per heavy atom. The second-order valence-corrected chi connectivity index (χ2v) is 7.63. The molecule has 4 aromatic carbocycles. The predicted octanol–water partition coefficient (Wildman–Crippen LogP) is 6.85. The van der Waals surface area contributed by atoms with Gasteiger partial charge in [0.25, 0.3) is 0 Å². The minimum absolute atomic E-state index is 0.361. The molecule has 6 nitrogen and oxygen atoms in total. The van der Waals surface area contributed by atoms with Crippen molar-refractivity contribution in [2.24, 2.45) is 4.88 Å². The van der Waals surface area contributed by atoms with Crippen LogP contribution in [0.3, 0.4) is 0 Å². The summed E-state index contributed by atoms with van der Waals surface area (Å²) in [5.74, 6) is 0.721. The average molecular weight is 373 g/mol. The first-order valence-corrected chi connectivity index (χ1v) is 9.78. The van der Waals surface area contributed by atoms with Crippen LogP contribution in [0.15, 0.2) is 77.7 Å². The Kier molecular flexibility index (Phi) is 3.37.